The van der Waals surface area contributed by atoms with Crippen LogP contribution in [0.5, 0.6) is 0 Å². The largest absolute Gasteiger partial charge is 0.455 e. The molecule has 0 spiro atoms. The van der Waals surface area contributed by atoms with E-state index in [1.54, 1.807) is 0 Å². The summed E-state index contributed by atoms with van der Waals surface area (Å²) in [6, 6.07) is 56.7. The van der Waals surface area contributed by atoms with Gasteiger partial charge in [-0.1, -0.05) is 146 Å². The van der Waals surface area contributed by atoms with Gasteiger partial charge < -0.3 is 4.42 Å². The van der Waals surface area contributed by atoms with Crippen LogP contribution in [0.4, 0.5) is 0 Å². The fourth-order valence-electron chi connectivity index (χ4n) is 6.99. The standard InChI is InChI=1S/C42H26O/c1-2-13-28(14-3-1)39-33-18-6-8-20-35(33)40(36-21-9-7-19-34(36)39)30-16-10-15-29(26-30)32-22-11-23-37-41-31-17-5-4-12-27(31)24-25-38(41)43-42(32)37/h1-26H. The number of furan rings is 1. The first-order chi connectivity index (χ1) is 21.3. The minimum atomic E-state index is 0.922. The zero-order chi connectivity index (χ0) is 28.3. The van der Waals surface area contributed by atoms with E-state index in [1.807, 2.05) is 0 Å². The van der Waals surface area contributed by atoms with Gasteiger partial charge in [-0.05, 0) is 72.3 Å². The summed E-state index contributed by atoms with van der Waals surface area (Å²) in [5.41, 5.74) is 9.08. The van der Waals surface area contributed by atoms with Crippen molar-refractivity contribution in [3.8, 4) is 33.4 Å². The van der Waals surface area contributed by atoms with Crippen LogP contribution < -0.4 is 0 Å². The van der Waals surface area contributed by atoms with Gasteiger partial charge in [0.25, 0.3) is 0 Å². The maximum atomic E-state index is 6.60. The number of fused-ring (bicyclic) bond motifs is 7. The summed E-state index contributed by atoms with van der Waals surface area (Å²) in [6.07, 6.45) is 0. The van der Waals surface area contributed by atoms with E-state index in [0.717, 1.165) is 27.7 Å². The Morgan fingerprint density at radius 2 is 0.884 bits per heavy atom. The van der Waals surface area contributed by atoms with Crippen LogP contribution in [0.15, 0.2) is 162 Å². The lowest BCUT2D eigenvalue weighted by molar-refractivity contribution is 0.670. The molecule has 0 aliphatic heterocycles. The van der Waals surface area contributed by atoms with Crippen LogP contribution in [-0.2, 0) is 0 Å². The predicted molar refractivity (Wildman–Crippen MR) is 183 cm³/mol. The van der Waals surface area contributed by atoms with Gasteiger partial charge in [0.05, 0.1) is 0 Å². The lowest BCUT2D eigenvalue weighted by atomic mass is 9.85. The SMILES string of the molecule is c1ccc(-c2c3ccccc3c(-c3cccc(-c4cccc5c4oc4ccc6ccccc6c45)c3)c3ccccc23)cc1. The summed E-state index contributed by atoms with van der Waals surface area (Å²) in [7, 11) is 0. The average Bonchev–Trinajstić information content (AvgIpc) is 3.47. The number of hydrogen-bond acceptors (Lipinski definition) is 1. The summed E-state index contributed by atoms with van der Waals surface area (Å²) < 4.78 is 6.60. The number of hydrogen-bond donors (Lipinski definition) is 0. The van der Waals surface area contributed by atoms with Crippen molar-refractivity contribution in [3.05, 3.63) is 158 Å². The van der Waals surface area contributed by atoms with Gasteiger partial charge in [0.15, 0.2) is 0 Å². The number of rotatable bonds is 3. The molecule has 200 valence electrons. The van der Waals surface area contributed by atoms with E-state index in [1.165, 1.54) is 60.0 Å². The third-order valence-corrected chi connectivity index (χ3v) is 8.84. The van der Waals surface area contributed by atoms with Crippen LogP contribution in [-0.4, -0.2) is 0 Å². The molecule has 1 nitrogen and oxygen atoms in total. The van der Waals surface area contributed by atoms with E-state index in [2.05, 4.69) is 158 Å². The summed E-state index contributed by atoms with van der Waals surface area (Å²) in [5.74, 6) is 0. The molecule has 9 aromatic rings. The molecule has 0 atom stereocenters. The maximum absolute atomic E-state index is 6.60. The maximum Gasteiger partial charge on any atom is 0.143 e. The van der Waals surface area contributed by atoms with Crippen molar-refractivity contribution in [3.63, 3.8) is 0 Å². The zero-order valence-corrected chi connectivity index (χ0v) is 23.4. The first-order valence-electron chi connectivity index (χ1n) is 14.8. The van der Waals surface area contributed by atoms with Crippen LogP contribution >= 0.6 is 0 Å². The highest BCUT2D eigenvalue weighted by Gasteiger charge is 2.18. The Balaban J connectivity index is 1.31. The van der Waals surface area contributed by atoms with Crippen molar-refractivity contribution < 1.29 is 4.42 Å². The molecule has 0 amide bonds. The first kappa shape index (κ1) is 24.0. The van der Waals surface area contributed by atoms with Crippen LogP contribution in [0.2, 0.25) is 0 Å². The van der Waals surface area contributed by atoms with Gasteiger partial charge >= 0.3 is 0 Å². The summed E-state index contributed by atoms with van der Waals surface area (Å²) in [6.45, 7) is 0. The fourth-order valence-corrected chi connectivity index (χ4v) is 6.99. The molecule has 0 N–H and O–H groups in total. The van der Waals surface area contributed by atoms with E-state index in [4.69, 9.17) is 4.42 Å². The molecule has 1 heteroatoms. The van der Waals surface area contributed by atoms with Gasteiger partial charge in [-0.3, -0.25) is 0 Å². The molecule has 0 radical (unpaired) electrons. The molecule has 0 aliphatic carbocycles. The number of benzene rings is 8. The second-order valence-corrected chi connectivity index (χ2v) is 11.2. The first-order valence-corrected chi connectivity index (χ1v) is 14.8. The molecule has 1 aromatic heterocycles. The van der Waals surface area contributed by atoms with Gasteiger partial charge in [-0.25, -0.2) is 0 Å². The van der Waals surface area contributed by atoms with E-state index in [0.29, 0.717) is 0 Å². The molecule has 0 fully saturated rings. The summed E-state index contributed by atoms with van der Waals surface area (Å²) in [4.78, 5) is 0. The lowest BCUT2D eigenvalue weighted by Gasteiger charge is -2.18. The Hall–Kier alpha value is -5.66. The van der Waals surface area contributed by atoms with E-state index >= 15 is 0 Å². The van der Waals surface area contributed by atoms with Gasteiger partial charge in [0, 0.05) is 16.3 Å². The second kappa shape index (κ2) is 9.44. The lowest BCUT2D eigenvalue weighted by Crippen LogP contribution is -1.91. The molecule has 0 bridgehead atoms. The molecule has 43 heavy (non-hydrogen) atoms. The third-order valence-electron chi connectivity index (χ3n) is 8.84. The average molecular weight is 547 g/mol. The van der Waals surface area contributed by atoms with Gasteiger partial charge in [0.2, 0.25) is 0 Å². The van der Waals surface area contributed by atoms with Crippen molar-refractivity contribution in [2.45, 2.75) is 0 Å². The third kappa shape index (κ3) is 3.65. The molecular formula is C42H26O. The summed E-state index contributed by atoms with van der Waals surface area (Å²) >= 11 is 0. The highest BCUT2D eigenvalue weighted by molar-refractivity contribution is 6.22. The van der Waals surface area contributed by atoms with Crippen LogP contribution in [0.3, 0.4) is 0 Å². The van der Waals surface area contributed by atoms with E-state index < -0.39 is 0 Å². The van der Waals surface area contributed by atoms with Crippen molar-refractivity contribution in [1.29, 1.82) is 0 Å². The zero-order valence-electron chi connectivity index (χ0n) is 23.4. The van der Waals surface area contributed by atoms with Crippen LogP contribution in [0.25, 0.3) is 87.6 Å². The Kier molecular flexibility index (Phi) is 5.27. The minimum Gasteiger partial charge on any atom is -0.455 e. The summed E-state index contributed by atoms with van der Waals surface area (Å²) in [5, 5.41) is 9.82. The van der Waals surface area contributed by atoms with E-state index in [-0.39, 0.29) is 0 Å². The Morgan fingerprint density at radius 1 is 0.349 bits per heavy atom. The Labute approximate surface area is 249 Å². The molecule has 0 saturated heterocycles. The van der Waals surface area contributed by atoms with Gasteiger partial charge in [0.1, 0.15) is 11.2 Å². The highest BCUT2D eigenvalue weighted by Crippen LogP contribution is 2.45. The van der Waals surface area contributed by atoms with Crippen LogP contribution in [0.1, 0.15) is 0 Å². The normalized spacial score (nSPS) is 11.7. The molecule has 1 heterocycles. The van der Waals surface area contributed by atoms with Gasteiger partial charge in [-0.2, -0.15) is 0 Å². The molecule has 0 saturated carbocycles. The molecule has 8 aromatic carbocycles. The number of para-hydroxylation sites is 1. The molecular weight excluding hydrogens is 520 g/mol. The quantitative estimate of drug-likeness (QED) is 0.201. The molecule has 0 unspecified atom stereocenters. The van der Waals surface area contributed by atoms with Crippen molar-refractivity contribution >= 4 is 54.3 Å². The molecule has 9 rings (SSSR count). The fraction of sp³-hybridized carbons (Fsp3) is 0. The van der Waals surface area contributed by atoms with Gasteiger partial charge in [-0.15, -0.1) is 0 Å². The van der Waals surface area contributed by atoms with E-state index in [9.17, 15) is 0 Å². The van der Waals surface area contributed by atoms with Crippen molar-refractivity contribution in [1.82, 2.24) is 0 Å². The second-order valence-electron chi connectivity index (χ2n) is 11.2. The predicted octanol–water partition coefficient (Wildman–Crippen LogP) is 12.0. The highest BCUT2D eigenvalue weighted by atomic mass is 16.3. The smallest absolute Gasteiger partial charge is 0.143 e. The Bertz CT molecular complexity index is 2440. The Morgan fingerprint density at radius 3 is 1.60 bits per heavy atom. The topological polar surface area (TPSA) is 13.1 Å². The minimum absolute atomic E-state index is 0.922. The van der Waals surface area contributed by atoms with Crippen LogP contribution in [0, 0.1) is 0 Å². The molecule has 0 aliphatic rings. The monoisotopic (exact) mass is 546 g/mol. The van der Waals surface area contributed by atoms with Crippen molar-refractivity contribution in [2.75, 3.05) is 0 Å². The van der Waals surface area contributed by atoms with Crippen molar-refractivity contribution in [2.24, 2.45) is 0 Å².